The van der Waals surface area contributed by atoms with E-state index in [1.54, 1.807) is 0 Å². The molecule has 0 spiro atoms. The zero-order valence-corrected chi connectivity index (χ0v) is 8.34. The molecule has 2 unspecified atom stereocenters. The molecular formula is C10H20O2. The van der Waals surface area contributed by atoms with Gasteiger partial charge in [-0.2, -0.15) is 0 Å². The quantitative estimate of drug-likeness (QED) is 0.512. The fraction of sp³-hybridized carbons (Fsp3) is 1.00. The van der Waals surface area contributed by atoms with Crippen molar-refractivity contribution in [2.75, 3.05) is 0 Å². The zero-order chi connectivity index (χ0) is 9.19. The highest BCUT2D eigenvalue weighted by atomic mass is 17.1. The molecular weight excluding hydrogens is 152 g/mol. The summed E-state index contributed by atoms with van der Waals surface area (Å²) in [6.45, 7) is 6.43. The molecule has 0 bridgehead atoms. The molecule has 1 saturated carbocycles. The summed E-state index contributed by atoms with van der Waals surface area (Å²) in [4.78, 5) is 4.65. The van der Waals surface area contributed by atoms with E-state index in [0.717, 1.165) is 6.42 Å². The smallest absolute Gasteiger partial charge is 0.104 e. The molecule has 1 N–H and O–H groups in total. The maximum absolute atomic E-state index is 8.87. The van der Waals surface area contributed by atoms with Crippen LogP contribution in [0.4, 0.5) is 0 Å². The van der Waals surface area contributed by atoms with Crippen molar-refractivity contribution < 1.29 is 10.1 Å². The first-order valence-corrected chi connectivity index (χ1v) is 4.93. The molecule has 0 aromatic heterocycles. The monoisotopic (exact) mass is 172 g/mol. The molecule has 12 heavy (non-hydrogen) atoms. The van der Waals surface area contributed by atoms with E-state index in [4.69, 9.17) is 5.26 Å². The van der Waals surface area contributed by atoms with Gasteiger partial charge in [-0.25, -0.2) is 4.89 Å². The van der Waals surface area contributed by atoms with Crippen LogP contribution in [0.2, 0.25) is 0 Å². The van der Waals surface area contributed by atoms with Crippen LogP contribution in [0, 0.1) is 11.8 Å². The van der Waals surface area contributed by atoms with Crippen molar-refractivity contribution in [3.8, 4) is 0 Å². The second kappa shape index (κ2) is 3.75. The number of hydrogen-bond acceptors (Lipinski definition) is 2. The lowest BCUT2D eigenvalue weighted by Crippen LogP contribution is -2.42. The third kappa shape index (κ3) is 1.80. The summed E-state index contributed by atoms with van der Waals surface area (Å²) in [6, 6.07) is 0. The summed E-state index contributed by atoms with van der Waals surface area (Å²) in [5.41, 5.74) is -0.285. The Bertz CT molecular complexity index is 145. The Balaban J connectivity index is 2.66. The number of rotatable bonds is 2. The van der Waals surface area contributed by atoms with E-state index in [0.29, 0.717) is 11.8 Å². The SMILES string of the molecule is CC(C)C1CCCCC1(C)OO. The predicted octanol–water partition coefficient (Wildman–Crippen LogP) is 3.08. The van der Waals surface area contributed by atoms with E-state index in [2.05, 4.69) is 18.7 Å². The maximum Gasteiger partial charge on any atom is 0.104 e. The van der Waals surface area contributed by atoms with Crippen LogP contribution in [0.15, 0.2) is 0 Å². The second-order valence-electron chi connectivity index (χ2n) is 4.50. The van der Waals surface area contributed by atoms with Gasteiger partial charge in [0.15, 0.2) is 0 Å². The van der Waals surface area contributed by atoms with E-state index >= 15 is 0 Å². The van der Waals surface area contributed by atoms with Crippen LogP contribution in [0.5, 0.6) is 0 Å². The van der Waals surface area contributed by atoms with Crippen molar-refractivity contribution >= 4 is 0 Å². The van der Waals surface area contributed by atoms with Crippen molar-refractivity contribution in [1.29, 1.82) is 0 Å². The molecule has 1 fully saturated rings. The molecule has 0 aromatic rings. The van der Waals surface area contributed by atoms with Gasteiger partial charge in [0.25, 0.3) is 0 Å². The Morgan fingerprint density at radius 3 is 2.50 bits per heavy atom. The fourth-order valence-corrected chi connectivity index (χ4v) is 2.48. The van der Waals surface area contributed by atoms with Crippen molar-refractivity contribution in [3.63, 3.8) is 0 Å². The summed E-state index contributed by atoms with van der Waals surface area (Å²) in [7, 11) is 0. The van der Waals surface area contributed by atoms with E-state index in [-0.39, 0.29) is 5.60 Å². The molecule has 1 aliphatic rings. The lowest BCUT2D eigenvalue weighted by molar-refractivity contribution is -0.342. The minimum Gasteiger partial charge on any atom is -0.251 e. The lowest BCUT2D eigenvalue weighted by atomic mass is 9.71. The molecule has 0 amide bonds. The molecule has 1 rings (SSSR count). The van der Waals surface area contributed by atoms with Gasteiger partial charge in [0.1, 0.15) is 5.60 Å². The highest BCUT2D eigenvalue weighted by Gasteiger charge is 2.39. The van der Waals surface area contributed by atoms with Gasteiger partial charge < -0.3 is 0 Å². The van der Waals surface area contributed by atoms with Crippen LogP contribution in [-0.2, 0) is 4.89 Å². The lowest BCUT2D eigenvalue weighted by Gasteiger charge is -2.40. The molecule has 0 saturated heterocycles. The molecule has 0 aromatic carbocycles. The zero-order valence-electron chi connectivity index (χ0n) is 8.34. The molecule has 2 atom stereocenters. The van der Waals surface area contributed by atoms with Crippen LogP contribution in [0.3, 0.4) is 0 Å². The highest BCUT2D eigenvalue weighted by Crippen LogP contribution is 2.40. The predicted molar refractivity (Wildman–Crippen MR) is 48.9 cm³/mol. The van der Waals surface area contributed by atoms with Gasteiger partial charge in [0.05, 0.1) is 0 Å². The Kier molecular flexibility index (Phi) is 3.13. The second-order valence-corrected chi connectivity index (χ2v) is 4.50. The van der Waals surface area contributed by atoms with Crippen LogP contribution < -0.4 is 0 Å². The molecule has 2 heteroatoms. The third-order valence-electron chi connectivity index (χ3n) is 3.24. The summed E-state index contributed by atoms with van der Waals surface area (Å²) < 4.78 is 0. The molecule has 0 heterocycles. The van der Waals surface area contributed by atoms with E-state index in [9.17, 15) is 0 Å². The normalized spacial score (nSPS) is 37.2. The first-order valence-electron chi connectivity index (χ1n) is 4.93. The summed E-state index contributed by atoms with van der Waals surface area (Å²) in [5, 5.41) is 8.87. The number of hydrogen-bond donors (Lipinski definition) is 1. The molecule has 0 aliphatic heterocycles. The molecule has 1 aliphatic carbocycles. The van der Waals surface area contributed by atoms with E-state index in [1.807, 2.05) is 6.92 Å². The Morgan fingerprint density at radius 1 is 1.42 bits per heavy atom. The molecule has 0 radical (unpaired) electrons. The van der Waals surface area contributed by atoms with Gasteiger partial charge in [0.2, 0.25) is 0 Å². The first-order chi connectivity index (χ1) is 5.60. The summed E-state index contributed by atoms with van der Waals surface area (Å²) in [5.74, 6) is 1.11. The molecule has 72 valence electrons. The van der Waals surface area contributed by atoms with Crippen LogP contribution in [-0.4, -0.2) is 10.9 Å². The van der Waals surface area contributed by atoms with Crippen LogP contribution >= 0.6 is 0 Å². The van der Waals surface area contributed by atoms with Crippen molar-refractivity contribution in [3.05, 3.63) is 0 Å². The fourth-order valence-electron chi connectivity index (χ4n) is 2.48. The maximum atomic E-state index is 8.87. The van der Waals surface area contributed by atoms with Crippen molar-refractivity contribution in [2.24, 2.45) is 11.8 Å². The average molecular weight is 172 g/mol. The van der Waals surface area contributed by atoms with Gasteiger partial charge in [-0.05, 0) is 31.6 Å². The van der Waals surface area contributed by atoms with E-state index in [1.165, 1.54) is 19.3 Å². The third-order valence-corrected chi connectivity index (χ3v) is 3.24. The van der Waals surface area contributed by atoms with Gasteiger partial charge >= 0.3 is 0 Å². The average Bonchev–Trinajstić information content (AvgIpc) is 2.05. The topological polar surface area (TPSA) is 29.5 Å². The Hall–Kier alpha value is -0.0800. The Morgan fingerprint density at radius 2 is 2.08 bits per heavy atom. The van der Waals surface area contributed by atoms with Crippen molar-refractivity contribution in [1.82, 2.24) is 0 Å². The van der Waals surface area contributed by atoms with Crippen LogP contribution in [0.25, 0.3) is 0 Å². The van der Waals surface area contributed by atoms with Gasteiger partial charge in [0, 0.05) is 0 Å². The largest absolute Gasteiger partial charge is 0.251 e. The van der Waals surface area contributed by atoms with Crippen LogP contribution in [0.1, 0.15) is 46.5 Å². The first kappa shape index (κ1) is 10.0. The minimum absolute atomic E-state index is 0.285. The van der Waals surface area contributed by atoms with Crippen molar-refractivity contribution in [2.45, 2.75) is 52.1 Å². The molecule has 2 nitrogen and oxygen atoms in total. The summed E-state index contributed by atoms with van der Waals surface area (Å²) in [6.07, 6.45) is 4.64. The summed E-state index contributed by atoms with van der Waals surface area (Å²) >= 11 is 0. The van der Waals surface area contributed by atoms with Gasteiger partial charge in [-0.1, -0.05) is 26.7 Å². The van der Waals surface area contributed by atoms with Gasteiger partial charge in [-0.3, -0.25) is 5.26 Å². The minimum atomic E-state index is -0.285. The standard InChI is InChI=1S/C10H20O2/c1-8(2)9-6-4-5-7-10(9,3)12-11/h8-9,11H,4-7H2,1-3H3. The van der Waals surface area contributed by atoms with E-state index < -0.39 is 0 Å². The highest BCUT2D eigenvalue weighted by molar-refractivity contribution is 4.88. The van der Waals surface area contributed by atoms with Gasteiger partial charge in [-0.15, -0.1) is 0 Å². The Labute approximate surface area is 74.9 Å².